The number of nitrogens with zero attached hydrogens (tertiary/aromatic N) is 2. The number of amides is 3. The molecular weight excluding hydrogens is 162 g/mol. The van der Waals surface area contributed by atoms with Gasteiger partial charge in [-0.1, -0.05) is 0 Å². The van der Waals surface area contributed by atoms with E-state index in [1.807, 2.05) is 5.32 Å². The average molecular weight is 169 g/mol. The Labute approximate surface area is 67.5 Å². The molecule has 1 aliphatic rings. The van der Waals surface area contributed by atoms with Gasteiger partial charge in [0.05, 0.1) is 0 Å². The van der Waals surface area contributed by atoms with E-state index >= 15 is 0 Å². The number of nitrogens with two attached hydrogens (primary N) is 2. The van der Waals surface area contributed by atoms with E-state index in [9.17, 15) is 9.59 Å². The highest BCUT2D eigenvalue weighted by Gasteiger charge is 2.34. The van der Waals surface area contributed by atoms with Gasteiger partial charge in [-0.25, -0.2) is 4.79 Å². The number of nitrogens with one attached hydrogen (secondary N) is 1. The molecule has 7 heteroatoms. The fourth-order valence-electron chi connectivity index (χ4n) is 0.690. The third kappa shape index (κ3) is 1.45. The van der Waals surface area contributed by atoms with E-state index in [0.29, 0.717) is 0 Å². The highest BCUT2D eigenvalue weighted by atomic mass is 16.2. The molecule has 5 N–H and O–H groups in total. The highest BCUT2D eigenvalue weighted by molar-refractivity contribution is 5.92. The maximum Gasteiger partial charge on any atom is 0.314 e. The van der Waals surface area contributed by atoms with Gasteiger partial charge in [-0.15, -0.1) is 5.11 Å². The largest absolute Gasteiger partial charge is 0.352 e. The molecule has 0 aliphatic carbocycles. The van der Waals surface area contributed by atoms with E-state index in [0.717, 1.165) is 0 Å². The summed E-state index contributed by atoms with van der Waals surface area (Å²) in [7, 11) is 0. The minimum atomic E-state index is -1.65. The summed E-state index contributed by atoms with van der Waals surface area (Å²) in [4.78, 5) is 21.3. The fourth-order valence-corrected chi connectivity index (χ4v) is 0.690. The molecule has 0 aromatic rings. The zero-order valence-electron chi connectivity index (χ0n) is 6.02. The van der Waals surface area contributed by atoms with Crippen molar-refractivity contribution >= 4 is 11.9 Å². The minimum Gasteiger partial charge on any atom is -0.352 e. The average Bonchev–Trinajstić information content (AvgIpc) is 1.94. The third-order valence-corrected chi connectivity index (χ3v) is 1.24. The molecule has 0 bridgehead atoms. The van der Waals surface area contributed by atoms with Crippen LogP contribution in [-0.4, -0.2) is 17.6 Å². The predicted molar refractivity (Wildman–Crippen MR) is 38.6 cm³/mol. The van der Waals surface area contributed by atoms with Gasteiger partial charge in [0.25, 0.3) is 0 Å². The molecule has 0 aromatic heterocycles. The molecule has 0 aromatic carbocycles. The van der Waals surface area contributed by atoms with Crippen LogP contribution in [0, 0.1) is 0 Å². The predicted octanol–water partition coefficient (Wildman–Crippen LogP) is -1.18. The Bertz CT molecular complexity index is 284. The normalized spacial score (nSPS) is 27.2. The molecule has 1 rings (SSSR count). The van der Waals surface area contributed by atoms with Gasteiger partial charge >= 0.3 is 11.9 Å². The number of hydrogen-bond acceptors (Lipinski definition) is 4. The second-order valence-corrected chi connectivity index (χ2v) is 2.19. The van der Waals surface area contributed by atoms with Gasteiger partial charge in [0.1, 0.15) is 0 Å². The molecule has 7 nitrogen and oxygen atoms in total. The maximum atomic E-state index is 10.9. The van der Waals surface area contributed by atoms with Crippen LogP contribution in [0.15, 0.2) is 22.5 Å². The molecule has 0 saturated heterocycles. The van der Waals surface area contributed by atoms with Crippen molar-refractivity contribution in [2.75, 3.05) is 0 Å². The second kappa shape index (κ2) is 2.70. The number of hydrogen-bond donors (Lipinski definition) is 3. The van der Waals surface area contributed by atoms with Gasteiger partial charge in [0.2, 0.25) is 0 Å². The van der Waals surface area contributed by atoms with Gasteiger partial charge < -0.3 is 11.1 Å². The van der Waals surface area contributed by atoms with Crippen molar-refractivity contribution in [1.82, 2.24) is 5.32 Å². The maximum absolute atomic E-state index is 10.9. The summed E-state index contributed by atoms with van der Waals surface area (Å²) in [6, 6.07) is -0.896. The Kier molecular flexibility index (Phi) is 1.88. The SMILES string of the molecule is NC(=O)NC1(N)C=CN=NC1=O. The molecule has 0 radical (unpaired) electrons. The lowest BCUT2D eigenvalue weighted by Crippen LogP contribution is -2.61. The summed E-state index contributed by atoms with van der Waals surface area (Å²) >= 11 is 0. The van der Waals surface area contributed by atoms with Crippen LogP contribution in [0.4, 0.5) is 4.79 Å². The number of azo groups is 1. The van der Waals surface area contributed by atoms with E-state index < -0.39 is 17.6 Å². The van der Waals surface area contributed by atoms with Crippen molar-refractivity contribution in [1.29, 1.82) is 0 Å². The summed E-state index contributed by atoms with van der Waals surface area (Å²) in [5.74, 6) is -0.760. The molecular formula is C5H7N5O2. The standard InChI is InChI=1S/C5H7N5O2/c6-4(12)9-5(7)1-2-8-10-3(5)11/h1-2H,7H2,(H3,6,9,12). The fraction of sp³-hybridized carbons (Fsp3) is 0.200. The molecule has 1 unspecified atom stereocenters. The lowest BCUT2D eigenvalue weighted by atomic mass is 10.1. The Morgan fingerprint density at radius 3 is 2.83 bits per heavy atom. The molecule has 0 spiro atoms. The number of carbonyl (C=O) groups excluding carboxylic acids is 2. The zero-order valence-corrected chi connectivity index (χ0v) is 6.02. The van der Waals surface area contributed by atoms with Crippen LogP contribution < -0.4 is 16.8 Å². The lowest BCUT2D eigenvalue weighted by molar-refractivity contribution is -0.122. The summed E-state index contributed by atoms with van der Waals surface area (Å²) < 4.78 is 0. The van der Waals surface area contributed by atoms with Gasteiger partial charge in [0, 0.05) is 6.20 Å². The van der Waals surface area contributed by atoms with E-state index in [2.05, 4.69) is 10.2 Å². The van der Waals surface area contributed by atoms with Crippen molar-refractivity contribution in [2.45, 2.75) is 5.66 Å². The van der Waals surface area contributed by atoms with Crippen LogP contribution in [0.3, 0.4) is 0 Å². The first kappa shape index (κ1) is 8.34. The van der Waals surface area contributed by atoms with Crippen molar-refractivity contribution in [2.24, 2.45) is 21.7 Å². The monoisotopic (exact) mass is 169 g/mol. The van der Waals surface area contributed by atoms with Crippen LogP contribution in [0.1, 0.15) is 0 Å². The first-order valence-corrected chi connectivity index (χ1v) is 3.04. The Morgan fingerprint density at radius 2 is 2.33 bits per heavy atom. The smallest absolute Gasteiger partial charge is 0.314 e. The van der Waals surface area contributed by atoms with Gasteiger partial charge in [-0.3, -0.25) is 10.5 Å². The van der Waals surface area contributed by atoms with E-state index in [-0.39, 0.29) is 0 Å². The number of rotatable bonds is 1. The first-order valence-electron chi connectivity index (χ1n) is 3.04. The Morgan fingerprint density at radius 1 is 1.67 bits per heavy atom. The highest BCUT2D eigenvalue weighted by Crippen LogP contribution is 2.07. The molecule has 64 valence electrons. The van der Waals surface area contributed by atoms with Crippen molar-refractivity contribution in [3.63, 3.8) is 0 Å². The van der Waals surface area contributed by atoms with Crippen LogP contribution >= 0.6 is 0 Å². The molecule has 1 aliphatic heterocycles. The summed E-state index contributed by atoms with van der Waals surface area (Å²) in [5.41, 5.74) is 8.54. The van der Waals surface area contributed by atoms with Crippen LogP contribution in [0.2, 0.25) is 0 Å². The van der Waals surface area contributed by atoms with Crippen LogP contribution in [0.5, 0.6) is 0 Å². The zero-order chi connectivity index (χ0) is 9.19. The van der Waals surface area contributed by atoms with Gasteiger partial charge in [-0.2, -0.15) is 5.11 Å². The lowest BCUT2D eigenvalue weighted by Gasteiger charge is -2.22. The molecule has 12 heavy (non-hydrogen) atoms. The van der Waals surface area contributed by atoms with Crippen molar-refractivity contribution < 1.29 is 9.59 Å². The van der Waals surface area contributed by atoms with Crippen LogP contribution in [0.25, 0.3) is 0 Å². The molecule has 3 amide bonds. The van der Waals surface area contributed by atoms with E-state index in [4.69, 9.17) is 11.5 Å². The molecule has 0 saturated carbocycles. The third-order valence-electron chi connectivity index (χ3n) is 1.24. The summed E-state index contributed by atoms with van der Waals surface area (Å²) in [6.45, 7) is 0. The number of carbonyl (C=O) groups is 2. The number of primary amides is 1. The van der Waals surface area contributed by atoms with Crippen molar-refractivity contribution in [3.05, 3.63) is 12.3 Å². The van der Waals surface area contributed by atoms with Crippen molar-refractivity contribution in [3.8, 4) is 0 Å². The number of urea groups is 1. The Hall–Kier alpha value is -1.76. The first-order chi connectivity index (χ1) is 5.54. The summed E-state index contributed by atoms with van der Waals surface area (Å²) in [5, 5.41) is 8.46. The second-order valence-electron chi connectivity index (χ2n) is 2.19. The van der Waals surface area contributed by atoms with Gasteiger partial charge in [-0.05, 0) is 6.08 Å². The van der Waals surface area contributed by atoms with E-state index in [1.165, 1.54) is 12.3 Å². The summed E-state index contributed by atoms with van der Waals surface area (Å²) in [6.07, 6.45) is 2.41. The molecule has 1 atom stereocenters. The Balaban J connectivity index is 2.83. The molecule has 0 fully saturated rings. The van der Waals surface area contributed by atoms with Crippen LogP contribution in [-0.2, 0) is 4.79 Å². The van der Waals surface area contributed by atoms with E-state index in [1.54, 1.807) is 0 Å². The minimum absolute atomic E-state index is 0.760. The quantitative estimate of drug-likeness (QED) is 0.428. The topological polar surface area (TPSA) is 123 Å². The van der Waals surface area contributed by atoms with Gasteiger partial charge in [0.15, 0.2) is 5.66 Å². The molecule has 1 heterocycles.